The first-order valence-electron chi connectivity index (χ1n) is 9.38. The van der Waals surface area contributed by atoms with Crippen LogP contribution in [0.4, 0.5) is 10.5 Å². The maximum Gasteiger partial charge on any atom is 0.319 e. The van der Waals surface area contributed by atoms with Gasteiger partial charge in [0.1, 0.15) is 0 Å². The zero-order chi connectivity index (χ0) is 18.1. The Labute approximate surface area is 153 Å². The van der Waals surface area contributed by atoms with E-state index in [4.69, 9.17) is 4.74 Å². The Balaban J connectivity index is 1.34. The first kappa shape index (κ1) is 17.1. The van der Waals surface area contributed by atoms with E-state index in [9.17, 15) is 4.79 Å². The number of nitrogens with zero attached hydrogens (tertiary/aromatic N) is 2. The van der Waals surface area contributed by atoms with Crippen LogP contribution >= 0.6 is 0 Å². The lowest BCUT2D eigenvalue weighted by Gasteiger charge is -2.21. The summed E-state index contributed by atoms with van der Waals surface area (Å²) in [5.74, 6) is 0. The molecule has 0 bridgehead atoms. The lowest BCUT2D eigenvalue weighted by molar-refractivity contribution is 0.00998. The SMILES string of the molecule is Cc1cc(C)n(-c2ccc(NC(=O)N[C@H]3COC4(CCCC4)C3)cc2)n1. The summed E-state index contributed by atoms with van der Waals surface area (Å²) in [4.78, 5) is 12.3. The molecule has 6 heteroatoms. The number of hydrogen-bond donors (Lipinski definition) is 2. The second kappa shape index (κ2) is 6.76. The zero-order valence-corrected chi connectivity index (χ0v) is 15.4. The van der Waals surface area contributed by atoms with Gasteiger partial charge in [0.25, 0.3) is 0 Å². The Kier molecular flexibility index (Phi) is 4.44. The molecule has 6 nitrogen and oxygen atoms in total. The lowest BCUT2D eigenvalue weighted by Crippen LogP contribution is -2.39. The molecule has 138 valence electrons. The van der Waals surface area contributed by atoms with Gasteiger partial charge in [-0.1, -0.05) is 12.8 Å². The van der Waals surface area contributed by atoms with E-state index >= 15 is 0 Å². The summed E-state index contributed by atoms with van der Waals surface area (Å²) in [5.41, 5.74) is 3.85. The molecule has 2 aromatic rings. The molecule has 1 spiro atoms. The van der Waals surface area contributed by atoms with Crippen LogP contribution in [-0.2, 0) is 4.74 Å². The highest BCUT2D eigenvalue weighted by molar-refractivity contribution is 5.89. The topological polar surface area (TPSA) is 68.2 Å². The molecule has 1 atom stereocenters. The van der Waals surface area contributed by atoms with Crippen molar-refractivity contribution in [3.05, 3.63) is 41.7 Å². The van der Waals surface area contributed by atoms with Crippen LogP contribution in [0.25, 0.3) is 5.69 Å². The second-order valence-corrected chi connectivity index (χ2v) is 7.59. The Hall–Kier alpha value is -2.34. The van der Waals surface area contributed by atoms with Crippen molar-refractivity contribution in [3.8, 4) is 5.69 Å². The monoisotopic (exact) mass is 354 g/mol. The molecular weight excluding hydrogens is 328 g/mol. The number of aromatic nitrogens is 2. The smallest absolute Gasteiger partial charge is 0.319 e. The van der Waals surface area contributed by atoms with Crippen molar-refractivity contribution >= 4 is 11.7 Å². The summed E-state index contributed by atoms with van der Waals surface area (Å²) in [6.45, 7) is 4.62. The molecule has 1 aromatic heterocycles. The molecule has 26 heavy (non-hydrogen) atoms. The van der Waals surface area contributed by atoms with Gasteiger partial charge in [-0.15, -0.1) is 0 Å². The van der Waals surface area contributed by atoms with Gasteiger partial charge >= 0.3 is 6.03 Å². The number of ether oxygens (including phenoxy) is 1. The molecule has 2 N–H and O–H groups in total. The summed E-state index contributed by atoms with van der Waals surface area (Å²) < 4.78 is 7.89. The molecule has 0 radical (unpaired) electrons. The van der Waals surface area contributed by atoms with E-state index in [0.717, 1.165) is 42.0 Å². The van der Waals surface area contributed by atoms with E-state index in [2.05, 4.69) is 15.7 Å². The highest BCUT2D eigenvalue weighted by Crippen LogP contribution is 2.40. The van der Waals surface area contributed by atoms with Crippen LogP contribution in [0.3, 0.4) is 0 Å². The molecule has 2 heterocycles. The average molecular weight is 354 g/mol. The van der Waals surface area contributed by atoms with Crippen LogP contribution in [0.15, 0.2) is 30.3 Å². The van der Waals surface area contributed by atoms with Crippen LogP contribution in [0, 0.1) is 13.8 Å². The van der Waals surface area contributed by atoms with Crippen LogP contribution < -0.4 is 10.6 Å². The van der Waals surface area contributed by atoms with E-state index in [-0.39, 0.29) is 17.7 Å². The number of benzene rings is 1. The van der Waals surface area contributed by atoms with Crippen LogP contribution in [0.2, 0.25) is 0 Å². The molecule has 1 saturated heterocycles. The third kappa shape index (κ3) is 3.46. The van der Waals surface area contributed by atoms with Gasteiger partial charge in [0.05, 0.1) is 29.6 Å². The van der Waals surface area contributed by atoms with Crippen molar-refractivity contribution in [1.82, 2.24) is 15.1 Å². The average Bonchev–Trinajstić information content (AvgIpc) is 3.31. The number of carbonyl (C=O) groups is 1. The van der Waals surface area contributed by atoms with Crippen molar-refractivity contribution in [1.29, 1.82) is 0 Å². The summed E-state index contributed by atoms with van der Waals surface area (Å²) in [5, 5.41) is 10.4. The van der Waals surface area contributed by atoms with Crippen molar-refractivity contribution in [2.24, 2.45) is 0 Å². The van der Waals surface area contributed by atoms with Gasteiger partial charge in [-0.3, -0.25) is 0 Å². The number of aryl methyl sites for hydroxylation is 2. The third-order valence-electron chi connectivity index (χ3n) is 5.44. The minimum Gasteiger partial charge on any atom is -0.373 e. The first-order chi connectivity index (χ1) is 12.5. The van der Waals surface area contributed by atoms with Gasteiger partial charge in [0, 0.05) is 11.4 Å². The molecule has 2 fully saturated rings. The second-order valence-electron chi connectivity index (χ2n) is 7.59. The van der Waals surface area contributed by atoms with Crippen molar-refractivity contribution in [2.45, 2.75) is 57.6 Å². The maximum atomic E-state index is 12.3. The minimum absolute atomic E-state index is 0.0271. The summed E-state index contributed by atoms with van der Waals surface area (Å²) in [6.07, 6.45) is 5.65. The number of anilines is 1. The normalized spacial score (nSPS) is 21.2. The predicted molar refractivity (Wildman–Crippen MR) is 101 cm³/mol. The number of rotatable bonds is 3. The molecule has 2 aliphatic rings. The Bertz CT molecular complexity index is 791. The van der Waals surface area contributed by atoms with Gasteiger partial charge in [0.2, 0.25) is 0 Å². The van der Waals surface area contributed by atoms with Crippen molar-refractivity contribution in [3.63, 3.8) is 0 Å². The number of nitrogens with one attached hydrogen (secondary N) is 2. The van der Waals surface area contributed by atoms with Crippen molar-refractivity contribution in [2.75, 3.05) is 11.9 Å². The molecule has 1 aromatic carbocycles. The maximum absolute atomic E-state index is 12.3. The Morgan fingerprint density at radius 3 is 2.62 bits per heavy atom. The molecule has 1 saturated carbocycles. The van der Waals surface area contributed by atoms with Gasteiger partial charge in [0.15, 0.2) is 0 Å². The number of hydrogen-bond acceptors (Lipinski definition) is 3. The van der Waals surface area contributed by atoms with Gasteiger partial charge in [-0.05, 0) is 63.4 Å². The predicted octanol–water partition coefficient (Wildman–Crippen LogP) is 3.71. The summed E-state index contributed by atoms with van der Waals surface area (Å²) in [6, 6.07) is 9.68. The van der Waals surface area contributed by atoms with Crippen molar-refractivity contribution < 1.29 is 9.53 Å². The van der Waals surface area contributed by atoms with E-state index in [1.165, 1.54) is 12.8 Å². The molecule has 0 unspecified atom stereocenters. The van der Waals surface area contributed by atoms with E-state index in [0.29, 0.717) is 6.61 Å². The summed E-state index contributed by atoms with van der Waals surface area (Å²) in [7, 11) is 0. The fourth-order valence-corrected chi connectivity index (χ4v) is 4.23. The molecule has 4 rings (SSSR count). The Morgan fingerprint density at radius 1 is 1.23 bits per heavy atom. The fraction of sp³-hybridized carbons (Fsp3) is 0.500. The molecule has 1 aliphatic carbocycles. The van der Waals surface area contributed by atoms with E-state index < -0.39 is 0 Å². The minimum atomic E-state index is -0.174. The quantitative estimate of drug-likeness (QED) is 0.883. The zero-order valence-electron chi connectivity index (χ0n) is 15.4. The van der Waals surface area contributed by atoms with Crippen LogP contribution in [-0.4, -0.2) is 34.1 Å². The number of amides is 2. The van der Waals surface area contributed by atoms with Gasteiger partial charge < -0.3 is 15.4 Å². The van der Waals surface area contributed by atoms with E-state index in [1.54, 1.807) is 0 Å². The standard InChI is InChI=1S/C20H26N4O2/c1-14-11-15(2)24(23-14)18-7-5-16(6-8-18)21-19(25)22-17-12-20(26-13-17)9-3-4-10-20/h5-8,11,17H,3-4,9-10,12-13H2,1-2H3,(H2,21,22,25)/t17-/m1/s1. The lowest BCUT2D eigenvalue weighted by atomic mass is 9.96. The largest absolute Gasteiger partial charge is 0.373 e. The highest BCUT2D eigenvalue weighted by atomic mass is 16.5. The highest BCUT2D eigenvalue weighted by Gasteiger charge is 2.42. The molecular formula is C20H26N4O2. The Morgan fingerprint density at radius 2 is 1.96 bits per heavy atom. The number of carbonyl (C=O) groups excluding carboxylic acids is 1. The third-order valence-corrected chi connectivity index (χ3v) is 5.44. The number of urea groups is 1. The first-order valence-corrected chi connectivity index (χ1v) is 9.38. The van der Waals surface area contributed by atoms with Gasteiger partial charge in [-0.25, -0.2) is 9.48 Å². The molecule has 2 amide bonds. The van der Waals surface area contributed by atoms with E-state index in [1.807, 2.05) is 48.9 Å². The van der Waals surface area contributed by atoms with Crippen LogP contribution in [0.5, 0.6) is 0 Å². The van der Waals surface area contributed by atoms with Crippen LogP contribution in [0.1, 0.15) is 43.5 Å². The van der Waals surface area contributed by atoms with Gasteiger partial charge in [-0.2, -0.15) is 5.10 Å². The summed E-state index contributed by atoms with van der Waals surface area (Å²) >= 11 is 0. The molecule has 1 aliphatic heterocycles. The fourth-order valence-electron chi connectivity index (χ4n) is 4.23.